The summed E-state index contributed by atoms with van der Waals surface area (Å²) in [6.07, 6.45) is 0.702. The first-order chi connectivity index (χ1) is 8.35. The van der Waals surface area contributed by atoms with Crippen LogP contribution in [0.25, 0.3) is 11.5 Å². The molecule has 2 rings (SSSR count). The van der Waals surface area contributed by atoms with Crippen molar-refractivity contribution in [2.45, 2.75) is 27.2 Å². The first-order valence-electron chi connectivity index (χ1n) is 5.73. The minimum atomic E-state index is -0.483. The number of nitrogen functional groups attached to an aromatic ring is 1. The molecular weight excluding hydrogens is 233 g/mol. The van der Waals surface area contributed by atoms with Gasteiger partial charge < -0.3 is 10.3 Å². The van der Waals surface area contributed by atoms with Gasteiger partial charge in [0.2, 0.25) is 0 Å². The Kier molecular flexibility index (Phi) is 3.07. The molecule has 0 aliphatic carbocycles. The number of nitrogens with two attached hydrogens (primary N) is 1. The van der Waals surface area contributed by atoms with Crippen molar-refractivity contribution in [3.63, 3.8) is 0 Å². The Morgan fingerprint density at radius 3 is 2.67 bits per heavy atom. The highest BCUT2D eigenvalue weighted by Crippen LogP contribution is 2.24. The van der Waals surface area contributed by atoms with E-state index in [0.717, 1.165) is 0 Å². The second kappa shape index (κ2) is 4.40. The van der Waals surface area contributed by atoms with Crippen molar-refractivity contribution in [2.75, 3.05) is 5.73 Å². The van der Waals surface area contributed by atoms with Crippen LogP contribution in [0.2, 0.25) is 0 Å². The molecule has 0 unspecified atom stereocenters. The second-order valence-electron chi connectivity index (χ2n) is 5.49. The fraction of sp³-hybridized carbons (Fsp3) is 0.385. The lowest BCUT2D eigenvalue weighted by Crippen LogP contribution is -2.10. The van der Waals surface area contributed by atoms with Crippen LogP contribution in [0.3, 0.4) is 0 Å². The molecule has 0 aliphatic rings. The highest BCUT2D eigenvalue weighted by molar-refractivity contribution is 5.57. The fourth-order valence-corrected chi connectivity index (χ4v) is 1.58. The lowest BCUT2D eigenvalue weighted by atomic mass is 9.92. The minimum absolute atomic E-state index is 0.0769. The van der Waals surface area contributed by atoms with Gasteiger partial charge in [0.15, 0.2) is 5.82 Å². The lowest BCUT2D eigenvalue weighted by molar-refractivity contribution is 0.374. The predicted octanol–water partition coefficient (Wildman–Crippen LogP) is 3.05. The molecule has 0 spiro atoms. The normalized spacial score (nSPS) is 11.8. The van der Waals surface area contributed by atoms with Crippen LogP contribution in [0.1, 0.15) is 26.6 Å². The molecule has 4 nitrogen and oxygen atoms in total. The van der Waals surface area contributed by atoms with Crippen molar-refractivity contribution in [1.29, 1.82) is 0 Å². The molecule has 0 fully saturated rings. The number of halogens is 1. The molecule has 1 aromatic carbocycles. The number of anilines is 1. The van der Waals surface area contributed by atoms with Gasteiger partial charge in [0.1, 0.15) is 5.82 Å². The van der Waals surface area contributed by atoms with E-state index in [0.29, 0.717) is 23.7 Å². The number of hydrogen-bond acceptors (Lipinski definition) is 4. The Hall–Kier alpha value is -1.91. The third-order valence-corrected chi connectivity index (χ3v) is 2.40. The van der Waals surface area contributed by atoms with Gasteiger partial charge in [0.05, 0.1) is 5.69 Å². The van der Waals surface area contributed by atoms with Crippen molar-refractivity contribution in [3.05, 3.63) is 29.8 Å². The van der Waals surface area contributed by atoms with Crippen LogP contribution in [-0.2, 0) is 6.42 Å². The molecule has 1 heterocycles. The summed E-state index contributed by atoms with van der Waals surface area (Å²) in [5.74, 6) is 0.450. The van der Waals surface area contributed by atoms with Crippen molar-refractivity contribution in [1.82, 2.24) is 10.1 Å². The molecule has 0 bridgehead atoms. The first kappa shape index (κ1) is 12.5. The van der Waals surface area contributed by atoms with Crippen molar-refractivity contribution >= 4 is 5.69 Å². The van der Waals surface area contributed by atoms with Gasteiger partial charge in [0, 0.05) is 12.0 Å². The zero-order valence-electron chi connectivity index (χ0n) is 10.7. The van der Waals surface area contributed by atoms with E-state index < -0.39 is 5.82 Å². The minimum Gasteiger partial charge on any atom is -0.396 e. The van der Waals surface area contributed by atoms with Gasteiger partial charge in [-0.15, -0.1) is 0 Å². The molecule has 18 heavy (non-hydrogen) atoms. The largest absolute Gasteiger partial charge is 0.396 e. The molecule has 0 saturated carbocycles. The van der Waals surface area contributed by atoms with Gasteiger partial charge in [0.25, 0.3) is 5.89 Å². The van der Waals surface area contributed by atoms with Gasteiger partial charge in [-0.25, -0.2) is 4.39 Å². The predicted molar refractivity (Wildman–Crippen MR) is 67.3 cm³/mol. The number of rotatable bonds is 2. The van der Waals surface area contributed by atoms with Crippen LogP contribution in [0.5, 0.6) is 0 Å². The number of hydrogen-bond donors (Lipinski definition) is 1. The van der Waals surface area contributed by atoms with Crippen LogP contribution < -0.4 is 5.73 Å². The van der Waals surface area contributed by atoms with Gasteiger partial charge in [-0.2, -0.15) is 4.98 Å². The average Bonchev–Trinajstić information content (AvgIpc) is 2.68. The summed E-state index contributed by atoms with van der Waals surface area (Å²) in [7, 11) is 0. The first-order valence-corrected chi connectivity index (χ1v) is 5.73. The molecule has 1 aromatic heterocycles. The molecule has 0 radical (unpaired) electrons. The Labute approximate surface area is 105 Å². The summed E-state index contributed by atoms with van der Waals surface area (Å²) in [5.41, 5.74) is 6.13. The quantitative estimate of drug-likeness (QED) is 0.831. The maximum absolute atomic E-state index is 13.3. The van der Waals surface area contributed by atoms with Crippen molar-refractivity contribution in [3.8, 4) is 11.5 Å². The number of benzene rings is 1. The van der Waals surface area contributed by atoms with E-state index >= 15 is 0 Å². The molecule has 96 valence electrons. The topological polar surface area (TPSA) is 64.9 Å². The van der Waals surface area contributed by atoms with Crippen molar-refractivity contribution < 1.29 is 8.91 Å². The Balaban J connectivity index is 2.26. The molecule has 0 amide bonds. The van der Waals surface area contributed by atoms with Crippen LogP contribution in [-0.4, -0.2) is 10.1 Å². The van der Waals surface area contributed by atoms with E-state index in [4.69, 9.17) is 10.3 Å². The zero-order chi connectivity index (χ0) is 13.3. The van der Waals surface area contributed by atoms with Crippen molar-refractivity contribution in [2.24, 2.45) is 5.41 Å². The fourth-order valence-electron chi connectivity index (χ4n) is 1.58. The lowest BCUT2D eigenvalue weighted by Gasteiger charge is -2.14. The summed E-state index contributed by atoms with van der Waals surface area (Å²) in [6, 6.07) is 4.44. The summed E-state index contributed by atoms with van der Waals surface area (Å²) < 4.78 is 18.5. The number of nitrogens with zero attached hydrogens (tertiary/aromatic N) is 2. The van der Waals surface area contributed by atoms with E-state index in [2.05, 4.69) is 30.9 Å². The zero-order valence-corrected chi connectivity index (χ0v) is 10.7. The third kappa shape index (κ3) is 2.85. The molecule has 5 heteroatoms. The molecule has 0 aliphatic heterocycles. The highest BCUT2D eigenvalue weighted by atomic mass is 19.1. The number of aromatic nitrogens is 2. The Morgan fingerprint density at radius 1 is 1.33 bits per heavy atom. The summed E-state index contributed by atoms with van der Waals surface area (Å²) in [6.45, 7) is 6.27. The molecule has 2 aromatic rings. The van der Waals surface area contributed by atoms with Gasteiger partial charge in [-0.1, -0.05) is 25.9 Å². The summed E-state index contributed by atoms with van der Waals surface area (Å²) in [4.78, 5) is 4.25. The summed E-state index contributed by atoms with van der Waals surface area (Å²) in [5, 5.41) is 3.89. The molecule has 0 atom stereocenters. The smallest absolute Gasteiger partial charge is 0.258 e. The maximum Gasteiger partial charge on any atom is 0.258 e. The van der Waals surface area contributed by atoms with E-state index in [1.54, 1.807) is 6.07 Å². The molecule has 0 saturated heterocycles. The second-order valence-corrected chi connectivity index (χ2v) is 5.49. The van der Waals surface area contributed by atoms with Crippen LogP contribution in [0.15, 0.2) is 22.7 Å². The average molecular weight is 249 g/mol. The van der Waals surface area contributed by atoms with Gasteiger partial charge >= 0.3 is 0 Å². The van der Waals surface area contributed by atoms with E-state index in [1.807, 2.05) is 0 Å². The van der Waals surface area contributed by atoms with Crippen LogP contribution >= 0.6 is 0 Å². The van der Waals surface area contributed by atoms with Gasteiger partial charge in [-0.3, -0.25) is 0 Å². The Morgan fingerprint density at radius 2 is 2.06 bits per heavy atom. The SMILES string of the molecule is CC(C)(C)Cc1noc(-c2ccc(N)c(F)c2)n1. The van der Waals surface area contributed by atoms with Crippen LogP contribution in [0.4, 0.5) is 10.1 Å². The highest BCUT2D eigenvalue weighted by Gasteiger charge is 2.17. The van der Waals surface area contributed by atoms with E-state index in [-0.39, 0.29) is 11.1 Å². The molecule has 2 N–H and O–H groups in total. The van der Waals surface area contributed by atoms with Gasteiger partial charge in [-0.05, 0) is 23.6 Å². The third-order valence-electron chi connectivity index (χ3n) is 2.40. The monoisotopic (exact) mass is 249 g/mol. The van der Waals surface area contributed by atoms with E-state index in [9.17, 15) is 4.39 Å². The standard InChI is InChI=1S/C13H16FN3O/c1-13(2,3)7-11-16-12(18-17-11)8-4-5-10(15)9(14)6-8/h4-6H,7,15H2,1-3H3. The molecular formula is C13H16FN3O. The van der Waals surface area contributed by atoms with Crippen LogP contribution in [0, 0.1) is 11.2 Å². The maximum atomic E-state index is 13.3. The van der Waals surface area contributed by atoms with E-state index in [1.165, 1.54) is 12.1 Å². The summed E-state index contributed by atoms with van der Waals surface area (Å²) >= 11 is 0. The Bertz CT molecular complexity index is 558.